The van der Waals surface area contributed by atoms with Crippen LogP contribution in [-0.4, -0.2) is 60.0 Å². The van der Waals surface area contributed by atoms with Crippen LogP contribution >= 0.6 is 0 Å². The number of nitrogens with one attached hydrogen (secondary N) is 1. The number of hydrogen-bond acceptors (Lipinski definition) is 4. The highest BCUT2D eigenvalue weighted by Gasteiger charge is 2.37. The van der Waals surface area contributed by atoms with E-state index in [2.05, 4.69) is 15.2 Å². The Morgan fingerprint density at radius 2 is 2.20 bits per heavy atom. The molecule has 0 aromatic carbocycles. The summed E-state index contributed by atoms with van der Waals surface area (Å²) in [5.74, 6) is 0.867. The fraction of sp³-hybridized carbons (Fsp3) is 0.600. The van der Waals surface area contributed by atoms with Gasteiger partial charge in [0, 0.05) is 38.9 Å². The SMILES string of the molecule is CN(C)C(=O)c1ccc(NC2CCN3CCCC23)nc1. The van der Waals surface area contributed by atoms with Crippen LogP contribution in [-0.2, 0) is 0 Å². The van der Waals surface area contributed by atoms with E-state index < -0.39 is 0 Å². The maximum Gasteiger partial charge on any atom is 0.254 e. The lowest BCUT2D eigenvalue weighted by atomic mass is 10.1. The number of anilines is 1. The first-order chi connectivity index (χ1) is 9.65. The van der Waals surface area contributed by atoms with E-state index in [0.717, 1.165) is 5.82 Å². The first-order valence-electron chi connectivity index (χ1n) is 7.33. The lowest BCUT2D eigenvalue weighted by Gasteiger charge is -2.21. The number of pyridine rings is 1. The smallest absolute Gasteiger partial charge is 0.254 e. The molecule has 2 unspecified atom stereocenters. The van der Waals surface area contributed by atoms with Crippen molar-refractivity contribution in [3.8, 4) is 0 Å². The predicted octanol–water partition coefficient (Wildman–Crippen LogP) is 1.43. The van der Waals surface area contributed by atoms with Gasteiger partial charge in [0.15, 0.2) is 0 Å². The van der Waals surface area contributed by atoms with Gasteiger partial charge in [-0.3, -0.25) is 9.69 Å². The first kappa shape index (κ1) is 13.4. The van der Waals surface area contributed by atoms with Crippen LogP contribution in [0.15, 0.2) is 18.3 Å². The molecule has 0 bridgehead atoms. The van der Waals surface area contributed by atoms with Gasteiger partial charge in [-0.25, -0.2) is 4.98 Å². The van der Waals surface area contributed by atoms with Gasteiger partial charge in [-0.2, -0.15) is 0 Å². The molecule has 0 spiro atoms. The van der Waals surface area contributed by atoms with E-state index in [9.17, 15) is 4.79 Å². The molecule has 2 fully saturated rings. The summed E-state index contributed by atoms with van der Waals surface area (Å²) in [5.41, 5.74) is 0.634. The molecule has 20 heavy (non-hydrogen) atoms. The second-order valence-corrected chi connectivity index (χ2v) is 5.92. The Morgan fingerprint density at radius 1 is 1.35 bits per heavy atom. The van der Waals surface area contributed by atoms with Crippen LogP contribution in [0, 0.1) is 0 Å². The number of carbonyl (C=O) groups is 1. The molecule has 3 rings (SSSR count). The number of carbonyl (C=O) groups excluding carboxylic acids is 1. The number of rotatable bonds is 3. The third kappa shape index (κ3) is 2.50. The van der Waals surface area contributed by atoms with Gasteiger partial charge in [-0.1, -0.05) is 0 Å². The summed E-state index contributed by atoms with van der Waals surface area (Å²) in [5, 5.41) is 3.53. The normalized spacial score (nSPS) is 25.5. The number of hydrogen-bond donors (Lipinski definition) is 1. The fourth-order valence-corrected chi connectivity index (χ4v) is 3.30. The highest BCUT2D eigenvalue weighted by molar-refractivity contribution is 5.93. The summed E-state index contributed by atoms with van der Waals surface area (Å²) in [6, 6.07) is 4.92. The van der Waals surface area contributed by atoms with Gasteiger partial charge < -0.3 is 10.2 Å². The van der Waals surface area contributed by atoms with Crippen molar-refractivity contribution in [3.63, 3.8) is 0 Å². The largest absolute Gasteiger partial charge is 0.366 e. The zero-order chi connectivity index (χ0) is 14.1. The molecule has 1 N–H and O–H groups in total. The molecule has 2 aliphatic rings. The number of nitrogens with zero attached hydrogens (tertiary/aromatic N) is 3. The summed E-state index contributed by atoms with van der Waals surface area (Å²) in [7, 11) is 3.50. The second kappa shape index (κ2) is 5.40. The summed E-state index contributed by atoms with van der Waals surface area (Å²) in [4.78, 5) is 20.3. The van der Waals surface area contributed by atoms with Crippen LogP contribution < -0.4 is 5.32 Å². The average Bonchev–Trinajstić information content (AvgIpc) is 3.04. The van der Waals surface area contributed by atoms with Gasteiger partial charge in [0.2, 0.25) is 0 Å². The monoisotopic (exact) mass is 274 g/mol. The Bertz CT molecular complexity index is 485. The molecule has 1 amide bonds. The molecular weight excluding hydrogens is 252 g/mol. The Labute approximate surface area is 120 Å². The van der Waals surface area contributed by atoms with Crippen molar-refractivity contribution in [2.24, 2.45) is 0 Å². The van der Waals surface area contributed by atoms with Gasteiger partial charge in [-0.05, 0) is 37.9 Å². The van der Waals surface area contributed by atoms with Crippen molar-refractivity contribution in [2.45, 2.75) is 31.3 Å². The Kier molecular flexibility index (Phi) is 3.61. The molecule has 0 aliphatic carbocycles. The van der Waals surface area contributed by atoms with Crippen molar-refractivity contribution in [3.05, 3.63) is 23.9 Å². The minimum absolute atomic E-state index is 0.00751. The van der Waals surface area contributed by atoms with Crippen molar-refractivity contribution >= 4 is 11.7 Å². The summed E-state index contributed by atoms with van der Waals surface area (Å²) < 4.78 is 0. The fourth-order valence-electron chi connectivity index (χ4n) is 3.30. The maximum atomic E-state index is 11.8. The van der Waals surface area contributed by atoms with E-state index >= 15 is 0 Å². The van der Waals surface area contributed by atoms with E-state index in [1.807, 2.05) is 12.1 Å². The van der Waals surface area contributed by atoms with Crippen molar-refractivity contribution in [1.29, 1.82) is 0 Å². The number of aromatic nitrogens is 1. The first-order valence-corrected chi connectivity index (χ1v) is 7.33. The summed E-state index contributed by atoms with van der Waals surface area (Å²) in [6.45, 7) is 2.44. The zero-order valence-electron chi connectivity index (χ0n) is 12.2. The average molecular weight is 274 g/mol. The third-order valence-corrected chi connectivity index (χ3v) is 4.36. The van der Waals surface area contributed by atoms with E-state index in [0.29, 0.717) is 17.6 Å². The molecule has 2 saturated heterocycles. The van der Waals surface area contributed by atoms with Crippen LogP contribution in [0.5, 0.6) is 0 Å². The highest BCUT2D eigenvalue weighted by Crippen LogP contribution is 2.29. The Morgan fingerprint density at radius 3 is 2.90 bits per heavy atom. The topological polar surface area (TPSA) is 48.5 Å². The molecule has 0 radical (unpaired) electrons. The van der Waals surface area contributed by atoms with E-state index in [1.165, 1.54) is 32.4 Å². The number of amides is 1. The van der Waals surface area contributed by atoms with Gasteiger partial charge in [0.1, 0.15) is 5.82 Å². The minimum atomic E-state index is -0.00751. The van der Waals surface area contributed by atoms with Crippen LogP contribution in [0.1, 0.15) is 29.6 Å². The van der Waals surface area contributed by atoms with Gasteiger partial charge >= 0.3 is 0 Å². The van der Waals surface area contributed by atoms with Crippen LogP contribution in [0.4, 0.5) is 5.82 Å². The molecular formula is C15H22N4O. The number of fused-ring (bicyclic) bond motifs is 1. The Balaban J connectivity index is 1.65. The van der Waals surface area contributed by atoms with Crippen LogP contribution in [0.3, 0.4) is 0 Å². The summed E-state index contributed by atoms with van der Waals surface area (Å²) in [6.07, 6.45) is 5.44. The van der Waals surface area contributed by atoms with Crippen LogP contribution in [0.25, 0.3) is 0 Å². The molecule has 2 atom stereocenters. The molecule has 2 aliphatic heterocycles. The molecule has 1 aromatic heterocycles. The van der Waals surface area contributed by atoms with Crippen molar-refractivity contribution < 1.29 is 4.79 Å². The minimum Gasteiger partial charge on any atom is -0.366 e. The van der Waals surface area contributed by atoms with E-state index in [4.69, 9.17) is 0 Å². The van der Waals surface area contributed by atoms with Crippen LogP contribution in [0.2, 0.25) is 0 Å². The third-order valence-electron chi connectivity index (χ3n) is 4.36. The maximum absolute atomic E-state index is 11.8. The van der Waals surface area contributed by atoms with E-state index in [-0.39, 0.29) is 5.91 Å². The zero-order valence-corrected chi connectivity index (χ0v) is 12.2. The lowest BCUT2D eigenvalue weighted by Crippen LogP contribution is -2.34. The molecule has 0 saturated carbocycles. The van der Waals surface area contributed by atoms with Gasteiger partial charge in [0.25, 0.3) is 5.91 Å². The lowest BCUT2D eigenvalue weighted by molar-refractivity contribution is 0.0827. The quantitative estimate of drug-likeness (QED) is 0.906. The van der Waals surface area contributed by atoms with Gasteiger partial charge in [0.05, 0.1) is 5.56 Å². The second-order valence-electron chi connectivity index (χ2n) is 5.92. The molecule has 108 valence electrons. The van der Waals surface area contributed by atoms with Crippen molar-refractivity contribution in [2.75, 3.05) is 32.5 Å². The Hall–Kier alpha value is -1.62. The van der Waals surface area contributed by atoms with Gasteiger partial charge in [-0.15, -0.1) is 0 Å². The van der Waals surface area contributed by atoms with E-state index in [1.54, 1.807) is 25.2 Å². The summed E-state index contributed by atoms with van der Waals surface area (Å²) >= 11 is 0. The predicted molar refractivity (Wildman–Crippen MR) is 78.9 cm³/mol. The molecule has 5 heteroatoms. The van der Waals surface area contributed by atoms with Crippen molar-refractivity contribution in [1.82, 2.24) is 14.8 Å². The standard InChI is InChI=1S/C15H22N4O/c1-18(2)15(20)11-5-6-14(16-10-11)17-12-7-9-19-8-3-4-13(12)19/h5-6,10,12-13H,3-4,7-9H2,1-2H3,(H,16,17). The molecule has 1 aromatic rings. The molecule has 3 heterocycles. The highest BCUT2D eigenvalue weighted by atomic mass is 16.2. The molecule has 5 nitrogen and oxygen atoms in total.